The second-order valence-corrected chi connectivity index (χ2v) is 4.88. The molecule has 1 saturated carbocycles. The van der Waals surface area contributed by atoms with Crippen LogP contribution in [0.15, 0.2) is 12.2 Å². The number of hydrogen-bond donors (Lipinski definition) is 0. The molecule has 2 saturated heterocycles. The Bertz CT molecular complexity index is 189. The van der Waals surface area contributed by atoms with Crippen LogP contribution in [0, 0.1) is 5.92 Å². The van der Waals surface area contributed by atoms with Crippen molar-refractivity contribution < 1.29 is 0 Å². The van der Waals surface area contributed by atoms with Crippen LogP contribution in [-0.2, 0) is 0 Å². The molecule has 0 N–H and O–H groups in total. The molecule has 0 aromatic heterocycles. The fourth-order valence-corrected chi connectivity index (χ4v) is 2.78. The topological polar surface area (TPSA) is 3.24 Å². The van der Waals surface area contributed by atoms with Crippen molar-refractivity contribution in [1.29, 1.82) is 0 Å². The predicted octanol–water partition coefficient (Wildman–Crippen LogP) is 2.83. The van der Waals surface area contributed by atoms with Gasteiger partial charge in [-0.1, -0.05) is 5.57 Å². The molecular weight excluding hydrogens is 158 g/mol. The third-order valence-electron chi connectivity index (χ3n) is 3.65. The highest BCUT2D eigenvalue weighted by Crippen LogP contribution is 2.34. The van der Waals surface area contributed by atoms with E-state index in [0.29, 0.717) is 0 Å². The third-order valence-corrected chi connectivity index (χ3v) is 3.65. The molecule has 2 aliphatic heterocycles. The minimum Gasteiger partial charge on any atom is -0.300 e. The highest BCUT2D eigenvalue weighted by Gasteiger charge is 2.32. The molecule has 3 fully saturated rings. The summed E-state index contributed by atoms with van der Waals surface area (Å²) in [5.41, 5.74) is 1.33. The van der Waals surface area contributed by atoms with Gasteiger partial charge in [-0.15, -0.1) is 6.58 Å². The summed E-state index contributed by atoms with van der Waals surface area (Å²) in [5.74, 6) is 1.02. The lowest BCUT2D eigenvalue weighted by atomic mass is 9.80. The number of rotatable bonds is 3. The summed E-state index contributed by atoms with van der Waals surface area (Å²) in [7, 11) is 0. The number of nitrogens with zero attached hydrogens (tertiary/aromatic N) is 1. The van der Waals surface area contributed by atoms with Crippen LogP contribution in [0.3, 0.4) is 0 Å². The average Bonchev–Trinajstić information content (AvgIpc) is 2.17. The molecule has 0 unspecified atom stereocenters. The Morgan fingerprint density at radius 2 is 2.00 bits per heavy atom. The van der Waals surface area contributed by atoms with Crippen molar-refractivity contribution in [2.45, 2.75) is 45.1 Å². The highest BCUT2D eigenvalue weighted by atomic mass is 15.2. The van der Waals surface area contributed by atoms with Crippen LogP contribution >= 0.6 is 0 Å². The van der Waals surface area contributed by atoms with E-state index in [0.717, 1.165) is 12.0 Å². The van der Waals surface area contributed by atoms with E-state index in [1.807, 2.05) is 0 Å². The lowest BCUT2D eigenvalue weighted by Gasteiger charge is -2.45. The van der Waals surface area contributed by atoms with E-state index in [1.54, 1.807) is 0 Å². The molecule has 0 aromatic rings. The van der Waals surface area contributed by atoms with Gasteiger partial charge in [0.05, 0.1) is 0 Å². The van der Waals surface area contributed by atoms with Crippen LogP contribution < -0.4 is 0 Å². The second kappa shape index (κ2) is 3.83. The summed E-state index contributed by atoms with van der Waals surface area (Å²) in [4.78, 5) is 2.70. The van der Waals surface area contributed by atoms with E-state index in [1.165, 1.54) is 50.8 Å². The standard InChI is InChI=1S/C12H21N/c1-10(2)7-8-13-9-11-3-5-12(13)6-4-11/h11-12H,1,3-9H2,2H3. The normalized spacial score (nSPS) is 33.6. The van der Waals surface area contributed by atoms with E-state index in [2.05, 4.69) is 18.4 Å². The van der Waals surface area contributed by atoms with Crippen LogP contribution in [0.4, 0.5) is 0 Å². The van der Waals surface area contributed by atoms with Crippen LogP contribution in [0.25, 0.3) is 0 Å². The summed E-state index contributed by atoms with van der Waals surface area (Å²) in [6.07, 6.45) is 7.10. The zero-order valence-corrected chi connectivity index (χ0v) is 8.76. The van der Waals surface area contributed by atoms with Crippen LogP contribution in [0.5, 0.6) is 0 Å². The van der Waals surface area contributed by atoms with Gasteiger partial charge >= 0.3 is 0 Å². The van der Waals surface area contributed by atoms with E-state index in [9.17, 15) is 0 Å². The zero-order chi connectivity index (χ0) is 9.26. The van der Waals surface area contributed by atoms with E-state index >= 15 is 0 Å². The number of fused-ring (bicyclic) bond motifs is 3. The smallest absolute Gasteiger partial charge is 0.00957 e. The van der Waals surface area contributed by atoms with Gasteiger partial charge in [0.25, 0.3) is 0 Å². The summed E-state index contributed by atoms with van der Waals surface area (Å²) >= 11 is 0. The molecule has 2 bridgehead atoms. The largest absolute Gasteiger partial charge is 0.300 e. The Kier molecular flexibility index (Phi) is 2.73. The summed E-state index contributed by atoms with van der Waals surface area (Å²) in [5, 5.41) is 0. The Morgan fingerprint density at radius 3 is 2.46 bits per heavy atom. The van der Waals surface area contributed by atoms with Gasteiger partial charge in [0.1, 0.15) is 0 Å². The van der Waals surface area contributed by atoms with Gasteiger partial charge in [-0.05, 0) is 44.9 Å². The molecule has 0 spiro atoms. The van der Waals surface area contributed by atoms with Crippen molar-refractivity contribution in [1.82, 2.24) is 4.90 Å². The lowest BCUT2D eigenvalue weighted by Crippen LogP contribution is -2.48. The number of hydrogen-bond acceptors (Lipinski definition) is 1. The molecule has 2 heterocycles. The molecule has 0 radical (unpaired) electrons. The van der Waals surface area contributed by atoms with E-state index < -0.39 is 0 Å². The quantitative estimate of drug-likeness (QED) is 0.602. The van der Waals surface area contributed by atoms with Crippen molar-refractivity contribution in [3.05, 3.63) is 12.2 Å². The van der Waals surface area contributed by atoms with E-state index in [4.69, 9.17) is 0 Å². The molecule has 74 valence electrons. The SMILES string of the molecule is C=C(C)CCN1CC2CCC1CC2. The molecular formula is C12H21N. The minimum absolute atomic E-state index is 0.921. The summed E-state index contributed by atoms with van der Waals surface area (Å²) < 4.78 is 0. The Hall–Kier alpha value is -0.300. The van der Waals surface area contributed by atoms with Gasteiger partial charge in [-0.25, -0.2) is 0 Å². The Labute approximate surface area is 81.8 Å². The Balaban J connectivity index is 1.83. The molecule has 3 aliphatic rings. The van der Waals surface area contributed by atoms with Crippen LogP contribution in [-0.4, -0.2) is 24.0 Å². The maximum atomic E-state index is 3.97. The molecule has 1 aliphatic carbocycles. The average molecular weight is 179 g/mol. The van der Waals surface area contributed by atoms with Crippen LogP contribution in [0.2, 0.25) is 0 Å². The fraction of sp³-hybridized carbons (Fsp3) is 0.833. The first-order valence-electron chi connectivity index (χ1n) is 5.64. The first kappa shape index (κ1) is 9.26. The Morgan fingerprint density at radius 1 is 1.31 bits per heavy atom. The van der Waals surface area contributed by atoms with Gasteiger partial charge in [-0.2, -0.15) is 0 Å². The minimum atomic E-state index is 0.921. The zero-order valence-electron chi connectivity index (χ0n) is 8.76. The van der Waals surface area contributed by atoms with Gasteiger partial charge in [0, 0.05) is 19.1 Å². The summed E-state index contributed by atoms with van der Waals surface area (Å²) in [6.45, 7) is 8.75. The van der Waals surface area contributed by atoms with Gasteiger partial charge in [-0.3, -0.25) is 4.90 Å². The molecule has 0 aromatic carbocycles. The first-order valence-corrected chi connectivity index (χ1v) is 5.64. The van der Waals surface area contributed by atoms with Gasteiger partial charge in [0.2, 0.25) is 0 Å². The molecule has 0 amide bonds. The summed E-state index contributed by atoms with van der Waals surface area (Å²) in [6, 6.07) is 0.921. The van der Waals surface area contributed by atoms with Crippen molar-refractivity contribution in [2.75, 3.05) is 13.1 Å². The monoisotopic (exact) mass is 179 g/mol. The first-order chi connectivity index (χ1) is 6.25. The highest BCUT2D eigenvalue weighted by molar-refractivity contribution is 4.93. The third kappa shape index (κ3) is 2.14. The maximum Gasteiger partial charge on any atom is 0.00957 e. The predicted molar refractivity (Wildman–Crippen MR) is 56.8 cm³/mol. The van der Waals surface area contributed by atoms with Crippen molar-refractivity contribution >= 4 is 0 Å². The lowest BCUT2D eigenvalue weighted by molar-refractivity contribution is 0.0502. The molecule has 1 nitrogen and oxygen atoms in total. The van der Waals surface area contributed by atoms with Gasteiger partial charge < -0.3 is 0 Å². The second-order valence-electron chi connectivity index (χ2n) is 4.88. The van der Waals surface area contributed by atoms with Crippen molar-refractivity contribution in [3.8, 4) is 0 Å². The maximum absolute atomic E-state index is 3.97. The molecule has 13 heavy (non-hydrogen) atoms. The van der Waals surface area contributed by atoms with E-state index in [-0.39, 0.29) is 0 Å². The fourth-order valence-electron chi connectivity index (χ4n) is 2.78. The van der Waals surface area contributed by atoms with Gasteiger partial charge in [0.15, 0.2) is 0 Å². The van der Waals surface area contributed by atoms with Crippen molar-refractivity contribution in [3.63, 3.8) is 0 Å². The number of piperidine rings is 2. The van der Waals surface area contributed by atoms with Crippen molar-refractivity contribution in [2.24, 2.45) is 5.92 Å². The van der Waals surface area contributed by atoms with Crippen LogP contribution in [0.1, 0.15) is 39.0 Å². The molecule has 1 heteroatoms. The molecule has 0 atom stereocenters. The molecule has 3 rings (SSSR count).